The van der Waals surface area contributed by atoms with Crippen molar-refractivity contribution < 1.29 is 9.53 Å². The van der Waals surface area contributed by atoms with Gasteiger partial charge < -0.3 is 15.0 Å². The fourth-order valence-electron chi connectivity index (χ4n) is 2.98. The van der Waals surface area contributed by atoms with Crippen molar-refractivity contribution in [3.63, 3.8) is 0 Å². The molecule has 1 fully saturated rings. The number of nitrogens with one attached hydrogen (secondary N) is 1. The third-order valence-corrected chi connectivity index (χ3v) is 3.89. The summed E-state index contributed by atoms with van der Waals surface area (Å²) >= 11 is 0. The highest BCUT2D eigenvalue weighted by atomic mass is 35.5. The number of piperidine rings is 1. The van der Waals surface area contributed by atoms with Gasteiger partial charge in [-0.05, 0) is 51.6 Å². The molecule has 1 N–H and O–H groups in total. The van der Waals surface area contributed by atoms with Crippen molar-refractivity contribution in [3.8, 4) is 0 Å². The lowest BCUT2D eigenvalue weighted by atomic mass is 9.98. The first kappa shape index (κ1) is 20.7. The molecule has 1 amide bonds. The zero-order chi connectivity index (χ0) is 15.0. The molecule has 0 spiro atoms. The molecule has 1 saturated heterocycles. The van der Waals surface area contributed by atoms with Gasteiger partial charge in [-0.15, -0.1) is 12.4 Å². The van der Waals surface area contributed by atoms with Crippen LogP contribution in [0.3, 0.4) is 0 Å². The number of hydrogen-bond donors (Lipinski definition) is 1. The van der Waals surface area contributed by atoms with Crippen LogP contribution in [0.2, 0.25) is 0 Å². The third kappa shape index (κ3) is 8.64. The number of halogens is 1. The second-order valence-electron chi connectivity index (χ2n) is 6.47. The summed E-state index contributed by atoms with van der Waals surface area (Å²) in [5.74, 6) is 1.51. The molecule has 1 aliphatic heterocycles. The summed E-state index contributed by atoms with van der Waals surface area (Å²) in [5.41, 5.74) is 0. The van der Waals surface area contributed by atoms with E-state index in [2.05, 4.69) is 26.1 Å². The summed E-state index contributed by atoms with van der Waals surface area (Å²) in [6, 6.07) is 0. The van der Waals surface area contributed by atoms with Gasteiger partial charge in [0.25, 0.3) is 0 Å². The van der Waals surface area contributed by atoms with Crippen molar-refractivity contribution in [2.24, 2.45) is 11.8 Å². The Morgan fingerprint density at radius 3 is 2.71 bits per heavy atom. The Kier molecular flexibility index (Phi) is 11.1. The van der Waals surface area contributed by atoms with Gasteiger partial charge in [0.15, 0.2) is 0 Å². The Hall–Kier alpha value is -0.320. The van der Waals surface area contributed by atoms with E-state index in [0.717, 1.165) is 32.5 Å². The van der Waals surface area contributed by atoms with E-state index in [1.165, 1.54) is 6.42 Å². The average Bonchev–Trinajstić information content (AvgIpc) is 2.38. The molecule has 0 aromatic rings. The van der Waals surface area contributed by atoms with Crippen LogP contribution in [0.1, 0.15) is 46.5 Å². The van der Waals surface area contributed by atoms with Crippen molar-refractivity contribution in [1.82, 2.24) is 10.2 Å². The van der Waals surface area contributed by atoms with E-state index < -0.39 is 0 Å². The van der Waals surface area contributed by atoms with Crippen LogP contribution in [-0.2, 0) is 9.53 Å². The van der Waals surface area contributed by atoms with Gasteiger partial charge >= 0.3 is 0 Å². The van der Waals surface area contributed by atoms with Gasteiger partial charge in [0.2, 0.25) is 5.91 Å². The van der Waals surface area contributed by atoms with Crippen molar-refractivity contribution in [3.05, 3.63) is 0 Å². The summed E-state index contributed by atoms with van der Waals surface area (Å²) in [6.07, 6.45) is 4.19. The smallest absolute Gasteiger partial charge is 0.224 e. The van der Waals surface area contributed by atoms with Crippen LogP contribution >= 0.6 is 12.4 Å². The van der Waals surface area contributed by atoms with E-state index in [-0.39, 0.29) is 24.4 Å². The maximum absolute atomic E-state index is 12.2. The Morgan fingerprint density at radius 2 is 2.10 bits per heavy atom. The molecule has 126 valence electrons. The standard InChI is InChI=1S/C16H32N2O2.ClH/c1-13(2)10-14(3)20-9-7-16(19)18-8-5-6-15(12-18)11-17-4;/h13-15,17H,5-12H2,1-4H3;1H. The minimum atomic E-state index is 0. The molecule has 2 atom stereocenters. The second-order valence-corrected chi connectivity index (χ2v) is 6.47. The van der Waals surface area contributed by atoms with Gasteiger partial charge in [-0.3, -0.25) is 4.79 Å². The quantitative estimate of drug-likeness (QED) is 0.747. The molecule has 0 bridgehead atoms. The van der Waals surface area contributed by atoms with Gasteiger partial charge in [-0.1, -0.05) is 13.8 Å². The number of carbonyl (C=O) groups is 1. The Bertz CT molecular complexity index is 285. The van der Waals surface area contributed by atoms with Gasteiger partial charge in [0.1, 0.15) is 0 Å². The maximum atomic E-state index is 12.2. The number of hydrogen-bond acceptors (Lipinski definition) is 3. The third-order valence-electron chi connectivity index (χ3n) is 3.89. The molecular weight excluding hydrogens is 288 g/mol. The minimum Gasteiger partial charge on any atom is -0.378 e. The van der Waals surface area contributed by atoms with Gasteiger partial charge in [-0.2, -0.15) is 0 Å². The summed E-state index contributed by atoms with van der Waals surface area (Å²) in [4.78, 5) is 14.2. The van der Waals surface area contributed by atoms with Gasteiger partial charge in [-0.25, -0.2) is 0 Å². The van der Waals surface area contributed by atoms with E-state index in [1.54, 1.807) is 0 Å². The van der Waals surface area contributed by atoms with E-state index in [0.29, 0.717) is 24.9 Å². The molecule has 2 unspecified atom stereocenters. The highest BCUT2D eigenvalue weighted by molar-refractivity contribution is 5.85. The van der Waals surface area contributed by atoms with Crippen molar-refractivity contribution >= 4 is 18.3 Å². The van der Waals surface area contributed by atoms with E-state index in [1.807, 2.05) is 11.9 Å². The van der Waals surface area contributed by atoms with Crippen LogP contribution in [0.25, 0.3) is 0 Å². The molecule has 0 aliphatic carbocycles. The van der Waals surface area contributed by atoms with E-state index in [9.17, 15) is 4.79 Å². The van der Waals surface area contributed by atoms with Crippen molar-refractivity contribution in [2.75, 3.05) is 33.3 Å². The lowest BCUT2D eigenvalue weighted by Crippen LogP contribution is -2.42. The molecule has 0 aromatic carbocycles. The zero-order valence-electron chi connectivity index (χ0n) is 14.1. The van der Waals surface area contributed by atoms with Crippen molar-refractivity contribution in [2.45, 2.75) is 52.6 Å². The first-order valence-electron chi connectivity index (χ1n) is 8.06. The van der Waals surface area contributed by atoms with Crippen LogP contribution in [-0.4, -0.2) is 50.2 Å². The summed E-state index contributed by atoms with van der Waals surface area (Å²) in [5, 5.41) is 3.21. The minimum absolute atomic E-state index is 0. The van der Waals surface area contributed by atoms with Crippen molar-refractivity contribution in [1.29, 1.82) is 0 Å². The largest absolute Gasteiger partial charge is 0.378 e. The predicted octanol–water partition coefficient (Wildman–Crippen LogP) is 2.71. The molecule has 4 nitrogen and oxygen atoms in total. The Labute approximate surface area is 136 Å². The Morgan fingerprint density at radius 1 is 1.38 bits per heavy atom. The lowest BCUT2D eigenvalue weighted by Gasteiger charge is -2.33. The second kappa shape index (κ2) is 11.3. The summed E-state index contributed by atoms with van der Waals surface area (Å²) in [7, 11) is 1.98. The predicted molar refractivity (Wildman–Crippen MR) is 90.0 cm³/mol. The number of likely N-dealkylation sites (tertiary alicyclic amines) is 1. The van der Waals surface area contributed by atoms with Crippen LogP contribution in [0.15, 0.2) is 0 Å². The lowest BCUT2D eigenvalue weighted by molar-refractivity contribution is -0.134. The van der Waals surface area contributed by atoms with Crippen LogP contribution in [0.4, 0.5) is 0 Å². The normalized spacial score (nSPS) is 20.2. The molecule has 0 aromatic heterocycles. The van der Waals surface area contributed by atoms with Crippen LogP contribution < -0.4 is 5.32 Å². The molecule has 1 aliphatic rings. The summed E-state index contributed by atoms with van der Waals surface area (Å²) < 4.78 is 5.73. The topological polar surface area (TPSA) is 41.6 Å². The molecule has 1 heterocycles. The number of carbonyl (C=O) groups excluding carboxylic acids is 1. The fourth-order valence-corrected chi connectivity index (χ4v) is 2.98. The molecule has 21 heavy (non-hydrogen) atoms. The van der Waals surface area contributed by atoms with Crippen LogP contribution in [0.5, 0.6) is 0 Å². The monoisotopic (exact) mass is 320 g/mol. The first-order valence-corrected chi connectivity index (χ1v) is 8.06. The van der Waals surface area contributed by atoms with Crippen LogP contribution in [0, 0.1) is 11.8 Å². The number of ether oxygens (including phenoxy) is 1. The fraction of sp³-hybridized carbons (Fsp3) is 0.938. The molecule has 0 radical (unpaired) electrons. The molecule has 5 heteroatoms. The molecular formula is C16H33ClN2O2. The van der Waals surface area contributed by atoms with E-state index in [4.69, 9.17) is 4.74 Å². The number of rotatable bonds is 8. The van der Waals surface area contributed by atoms with E-state index >= 15 is 0 Å². The first-order chi connectivity index (χ1) is 9.52. The van der Waals surface area contributed by atoms with Gasteiger partial charge in [0, 0.05) is 13.1 Å². The Balaban J connectivity index is 0.00000400. The zero-order valence-corrected chi connectivity index (χ0v) is 14.9. The number of amides is 1. The highest BCUT2D eigenvalue weighted by Crippen LogP contribution is 2.16. The van der Waals surface area contributed by atoms with Gasteiger partial charge in [0.05, 0.1) is 19.1 Å². The molecule has 0 saturated carbocycles. The average molecular weight is 321 g/mol. The summed E-state index contributed by atoms with van der Waals surface area (Å²) in [6.45, 7) is 9.86. The SMILES string of the molecule is CNCC1CCCN(C(=O)CCOC(C)CC(C)C)C1.Cl. The maximum Gasteiger partial charge on any atom is 0.224 e. The molecule has 1 rings (SSSR count). The highest BCUT2D eigenvalue weighted by Gasteiger charge is 2.22. The number of nitrogens with zero attached hydrogens (tertiary/aromatic N) is 1.